The van der Waals surface area contributed by atoms with E-state index in [1.807, 2.05) is 54.6 Å². The Morgan fingerprint density at radius 2 is 1.38 bits per heavy atom. The molecule has 7 nitrogen and oxygen atoms in total. The fourth-order valence-corrected chi connectivity index (χ4v) is 3.81. The summed E-state index contributed by atoms with van der Waals surface area (Å²) in [6.45, 7) is 0. The van der Waals surface area contributed by atoms with Gasteiger partial charge >= 0.3 is 0 Å². The van der Waals surface area contributed by atoms with Crippen molar-refractivity contribution >= 4 is 28.5 Å². The van der Waals surface area contributed by atoms with Crippen molar-refractivity contribution in [3.05, 3.63) is 83.4 Å². The minimum absolute atomic E-state index is 0.212. The van der Waals surface area contributed by atoms with E-state index in [0.717, 1.165) is 21.9 Å². The summed E-state index contributed by atoms with van der Waals surface area (Å²) in [6, 6.07) is 20.4. The average Bonchev–Trinajstić information content (AvgIpc) is 3.17. The Kier molecular flexibility index (Phi) is 4.74. The van der Waals surface area contributed by atoms with Gasteiger partial charge in [-0.15, -0.1) is 0 Å². The number of nitrogens with one attached hydrogen (secondary N) is 3. The van der Waals surface area contributed by atoms with Crippen molar-refractivity contribution in [2.24, 2.45) is 11.3 Å². The maximum atomic E-state index is 12.9. The Hall–Kier alpha value is -3.71. The molecule has 5 N–H and O–H groups in total. The highest BCUT2D eigenvalue weighted by Crippen LogP contribution is 2.37. The molecule has 146 valence electrons. The van der Waals surface area contributed by atoms with Gasteiger partial charge in [-0.1, -0.05) is 54.6 Å². The zero-order valence-corrected chi connectivity index (χ0v) is 15.6. The number of nitrogens with two attached hydrogens (primary N) is 1. The summed E-state index contributed by atoms with van der Waals surface area (Å²) in [6.07, 6.45) is 0.424. The van der Waals surface area contributed by atoms with Gasteiger partial charge < -0.3 is 0 Å². The maximum Gasteiger partial charge on any atom is 0.269 e. The van der Waals surface area contributed by atoms with Crippen molar-refractivity contribution in [1.82, 2.24) is 16.3 Å². The van der Waals surface area contributed by atoms with Gasteiger partial charge in [-0.3, -0.25) is 30.7 Å². The second-order valence-corrected chi connectivity index (χ2v) is 7.15. The van der Waals surface area contributed by atoms with Gasteiger partial charge in [0.05, 0.1) is 0 Å². The molecule has 0 radical (unpaired) electrons. The number of benzene rings is 3. The summed E-state index contributed by atoms with van der Waals surface area (Å²) in [4.78, 5) is 38.0. The topological polar surface area (TPSA) is 113 Å². The molecule has 3 aromatic rings. The first-order chi connectivity index (χ1) is 14.0. The highest BCUT2D eigenvalue weighted by Gasteiger charge is 2.50. The fourth-order valence-electron chi connectivity index (χ4n) is 3.81. The van der Waals surface area contributed by atoms with Gasteiger partial charge in [0.15, 0.2) is 0 Å². The number of rotatable bonds is 3. The number of amides is 3. The van der Waals surface area contributed by atoms with Crippen LogP contribution in [0.4, 0.5) is 0 Å². The molecule has 3 amide bonds. The van der Waals surface area contributed by atoms with Crippen LogP contribution in [0.3, 0.4) is 0 Å². The summed E-state index contributed by atoms with van der Waals surface area (Å²) < 4.78 is 0. The number of carbonyl (C=O) groups excluding carboxylic acids is 3. The van der Waals surface area contributed by atoms with Gasteiger partial charge in [-0.25, -0.2) is 5.84 Å². The van der Waals surface area contributed by atoms with Crippen LogP contribution in [0, 0.1) is 5.41 Å². The van der Waals surface area contributed by atoms with Crippen LogP contribution in [0.1, 0.15) is 21.5 Å². The Bertz CT molecular complexity index is 1100. The van der Waals surface area contributed by atoms with Crippen LogP contribution in [0.2, 0.25) is 0 Å². The number of carbonyl (C=O) groups is 3. The third-order valence-corrected chi connectivity index (χ3v) is 5.40. The summed E-state index contributed by atoms with van der Waals surface area (Å²) in [7, 11) is 0. The summed E-state index contributed by atoms with van der Waals surface area (Å²) in [5.74, 6) is 3.68. The highest BCUT2D eigenvalue weighted by molar-refractivity contribution is 6.07. The first-order valence-electron chi connectivity index (χ1n) is 9.21. The van der Waals surface area contributed by atoms with E-state index in [1.165, 1.54) is 0 Å². The normalized spacial score (nSPS) is 14.1. The predicted octanol–water partition coefficient (Wildman–Crippen LogP) is 1.38. The molecule has 0 spiro atoms. The Morgan fingerprint density at radius 3 is 2.03 bits per heavy atom. The van der Waals surface area contributed by atoms with Crippen molar-refractivity contribution in [3.8, 4) is 0 Å². The molecule has 0 heterocycles. The smallest absolute Gasteiger partial charge is 0.269 e. The molecular formula is C22H20N4O3. The van der Waals surface area contributed by atoms with E-state index >= 15 is 0 Å². The van der Waals surface area contributed by atoms with E-state index in [9.17, 15) is 14.4 Å². The molecule has 1 aliphatic carbocycles. The molecule has 1 aliphatic rings. The van der Waals surface area contributed by atoms with Crippen LogP contribution < -0.4 is 22.1 Å². The lowest BCUT2D eigenvalue weighted by molar-refractivity contribution is -0.143. The van der Waals surface area contributed by atoms with Crippen molar-refractivity contribution in [3.63, 3.8) is 0 Å². The van der Waals surface area contributed by atoms with Crippen molar-refractivity contribution < 1.29 is 14.4 Å². The number of hydrazine groups is 2. The lowest BCUT2D eigenvalue weighted by atomic mass is 9.83. The van der Waals surface area contributed by atoms with Gasteiger partial charge in [0.25, 0.3) is 11.8 Å². The van der Waals surface area contributed by atoms with E-state index in [0.29, 0.717) is 5.56 Å². The first-order valence-corrected chi connectivity index (χ1v) is 9.21. The zero-order chi connectivity index (χ0) is 20.4. The van der Waals surface area contributed by atoms with E-state index < -0.39 is 23.1 Å². The first kappa shape index (κ1) is 18.6. The number of hydrogen-bond acceptors (Lipinski definition) is 4. The largest absolute Gasteiger partial charge is 0.293 e. The fraction of sp³-hybridized carbons (Fsp3) is 0.136. The van der Waals surface area contributed by atoms with Gasteiger partial charge in [0.1, 0.15) is 5.41 Å². The average molecular weight is 388 g/mol. The van der Waals surface area contributed by atoms with Gasteiger partial charge in [-0.2, -0.15) is 0 Å². The highest BCUT2D eigenvalue weighted by atomic mass is 16.2. The van der Waals surface area contributed by atoms with Crippen molar-refractivity contribution in [2.75, 3.05) is 0 Å². The quantitative estimate of drug-likeness (QED) is 0.235. The van der Waals surface area contributed by atoms with Crippen LogP contribution in [0.5, 0.6) is 0 Å². The van der Waals surface area contributed by atoms with Crippen molar-refractivity contribution in [2.45, 2.75) is 12.8 Å². The third kappa shape index (κ3) is 3.32. The Balaban J connectivity index is 1.51. The second-order valence-electron chi connectivity index (χ2n) is 7.15. The van der Waals surface area contributed by atoms with Gasteiger partial charge in [0.2, 0.25) is 5.91 Å². The molecule has 7 heteroatoms. The predicted molar refractivity (Wildman–Crippen MR) is 108 cm³/mol. The Morgan fingerprint density at radius 1 is 0.759 bits per heavy atom. The monoisotopic (exact) mass is 388 g/mol. The maximum absolute atomic E-state index is 12.9. The molecule has 0 saturated carbocycles. The standard InChI is InChI=1S/C22H20N4O3/c23-24-20(28)22(12-17-7-3-4-8-18(17)13-22)21(29)26-25-19(27)16-10-9-14-5-1-2-6-15(14)11-16/h1-11H,12-13,23H2,(H,24,28)(H,25,27)(H,26,29). The third-order valence-electron chi connectivity index (χ3n) is 5.40. The van der Waals surface area contributed by atoms with E-state index in [4.69, 9.17) is 5.84 Å². The lowest BCUT2D eigenvalue weighted by Crippen LogP contribution is -2.57. The molecule has 29 heavy (non-hydrogen) atoms. The summed E-state index contributed by atoms with van der Waals surface area (Å²) >= 11 is 0. The molecule has 0 atom stereocenters. The van der Waals surface area contributed by atoms with E-state index in [2.05, 4.69) is 16.3 Å². The molecule has 4 rings (SSSR count). The van der Waals surface area contributed by atoms with Crippen LogP contribution in [-0.2, 0) is 22.4 Å². The lowest BCUT2D eigenvalue weighted by Gasteiger charge is -2.25. The summed E-state index contributed by atoms with van der Waals surface area (Å²) in [5.41, 5.74) is 7.72. The molecule has 0 fully saturated rings. The molecule has 0 unspecified atom stereocenters. The minimum atomic E-state index is -1.41. The van der Waals surface area contributed by atoms with Gasteiger partial charge in [-0.05, 0) is 46.9 Å². The molecular weight excluding hydrogens is 368 g/mol. The molecule has 0 aromatic heterocycles. The number of fused-ring (bicyclic) bond motifs is 2. The SMILES string of the molecule is NNC(=O)C1(C(=O)NNC(=O)c2ccc3ccccc3c2)Cc2ccccc2C1. The van der Waals surface area contributed by atoms with E-state index in [1.54, 1.807) is 12.1 Å². The minimum Gasteiger partial charge on any atom is -0.293 e. The van der Waals surface area contributed by atoms with E-state index in [-0.39, 0.29) is 12.8 Å². The van der Waals surface area contributed by atoms with Crippen LogP contribution in [-0.4, -0.2) is 17.7 Å². The van der Waals surface area contributed by atoms with Crippen LogP contribution in [0.25, 0.3) is 10.8 Å². The van der Waals surface area contributed by atoms with Gasteiger partial charge in [0, 0.05) is 5.56 Å². The molecule has 0 bridgehead atoms. The Labute approximate surface area is 167 Å². The second kappa shape index (κ2) is 7.37. The molecule has 0 saturated heterocycles. The molecule has 0 aliphatic heterocycles. The van der Waals surface area contributed by atoms with Crippen LogP contribution in [0.15, 0.2) is 66.7 Å². The van der Waals surface area contributed by atoms with Crippen LogP contribution >= 0.6 is 0 Å². The molecule has 3 aromatic carbocycles. The summed E-state index contributed by atoms with van der Waals surface area (Å²) in [5, 5.41) is 1.92. The van der Waals surface area contributed by atoms with Crippen molar-refractivity contribution in [1.29, 1.82) is 0 Å². The zero-order valence-electron chi connectivity index (χ0n) is 15.6. The number of hydrogen-bond donors (Lipinski definition) is 4.